The van der Waals surface area contributed by atoms with E-state index in [-0.39, 0.29) is 24.5 Å². The van der Waals surface area contributed by atoms with Crippen LogP contribution in [0.1, 0.15) is 37.1 Å². The molecule has 2 aromatic heterocycles. The molecule has 0 saturated heterocycles. The fourth-order valence-electron chi connectivity index (χ4n) is 3.69. The van der Waals surface area contributed by atoms with Crippen molar-refractivity contribution in [3.8, 4) is 0 Å². The average Bonchev–Trinajstić information content (AvgIpc) is 3.32. The Morgan fingerprint density at radius 1 is 1.13 bits per heavy atom. The quantitative estimate of drug-likeness (QED) is 0.588. The van der Waals surface area contributed by atoms with E-state index in [0.29, 0.717) is 28.8 Å². The summed E-state index contributed by atoms with van der Waals surface area (Å²) in [6.45, 7) is -0.0838. The fraction of sp³-hybridized carbons (Fsp3) is 0.304. The number of carbonyl (C=O) groups is 2. The van der Waals surface area contributed by atoms with Crippen LogP contribution in [0.3, 0.4) is 0 Å². The van der Waals surface area contributed by atoms with Crippen molar-refractivity contribution in [3.63, 3.8) is 0 Å². The van der Waals surface area contributed by atoms with Crippen molar-refractivity contribution in [2.24, 2.45) is 0 Å². The smallest absolute Gasteiger partial charge is 0.312 e. The Labute approximate surface area is 178 Å². The molecule has 1 amide bonds. The van der Waals surface area contributed by atoms with Gasteiger partial charge in [-0.25, -0.2) is 5.10 Å². The molecule has 1 N–H and O–H groups in total. The van der Waals surface area contributed by atoms with Crippen LogP contribution >= 0.6 is 0 Å². The van der Waals surface area contributed by atoms with Crippen LogP contribution in [0.15, 0.2) is 63.6 Å². The van der Waals surface area contributed by atoms with Crippen molar-refractivity contribution >= 4 is 22.6 Å². The summed E-state index contributed by atoms with van der Waals surface area (Å²) in [5, 5.41) is 7.40. The van der Waals surface area contributed by atoms with Crippen LogP contribution in [0.2, 0.25) is 0 Å². The second-order valence-electron chi connectivity index (χ2n) is 7.38. The van der Waals surface area contributed by atoms with Gasteiger partial charge in [-0.05, 0) is 43.9 Å². The maximum atomic E-state index is 12.9. The highest BCUT2D eigenvalue weighted by atomic mass is 16.5. The molecule has 0 saturated carbocycles. The number of esters is 1. The van der Waals surface area contributed by atoms with E-state index in [9.17, 15) is 14.4 Å². The molecule has 0 radical (unpaired) electrons. The van der Waals surface area contributed by atoms with E-state index >= 15 is 0 Å². The molecule has 0 unspecified atom stereocenters. The lowest BCUT2D eigenvalue weighted by molar-refractivity contribution is -0.151. The minimum Gasteiger partial charge on any atom is -0.467 e. The van der Waals surface area contributed by atoms with Crippen LogP contribution in [0.4, 0.5) is 0 Å². The zero-order valence-electron chi connectivity index (χ0n) is 17.0. The van der Waals surface area contributed by atoms with Gasteiger partial charge in [0, 0.05) is 11.1 Å². The van der Waals surface area contributed by atoms with Crippen LogP contribution in [0.25, 0.3) is 10.8 Å². The number of benzene rings is 1. The summed E-state index contributed by atoms with van der Waals surface area (Å²) in [5.41, 5.74) is 1.00. The van der Waals surface area contributed by atoms with E-state index in [1.54, 1.807) is 41.5 Å². The minimum atomic E-state index is -0.589. The highest BCUT2D eigenvalue weighted by Gasteiger charge is 2.22. The Morgan fingerprint density at radius 3 is 2.71 bits per heavy atom. The van der Waals surface area contributed by atoms with Crippen molar-refractivity contribution in [3.05, 3.63) is 76.2 Å². The van der Waals surface area contributed by atoms with E-state index in [4.69, 9.17) is 9.15 Å². The molecule has 0 aliphatic heterocycles. The number of carbonyl (C=O) groups excluding carboxylic acids is 2. The molecule has 8 heteroatoms. The Kier molecular flexibility index (Phi) is 6.26. The molecular formula is C23H23N3O5. The first kappa shape index (κ1) is 20.6. The van der Waals surface area contributed by atoms with Gasteiger partial charge < -0.3 is 14.1 Å². The monoisotopic (exact) mass is 421 g/mol. The number of nitrogens with one attached hydrogen (secondary N) is 1. The topological polar surface area (TPSA) is 106 Å². The molecule has 3 aromatic rings. The number of aromatic nitrogens is 2. The average molecular weight is 421 g/mol. The summed E-state index contributed by atoms with van der Waals surface area (Å²) >= 11 is 0. The van der Waals surface area contributed by atoms with E-state index in [0.717, 1.165) is 31.4 Å². The Balaban J connectivity index is 1.43. The van der Waals surface area contributed by atoms with E-state index in [1.807, 2.05) is 6.07 Å². The molecule has 2 heterocycles. The van der Waals surface area contributed by atoms with Crippen LogP contribution in [0.5, 0.6) is 0 Å². The molecule has 1 aromatic carbocycles. The van der Waals surface area contributed by atoms with Gasteiger partial charge in [0.2, 0.25) is 0 Å². The summed E-state index contributed by atoms with van der Waals surface area (Å²) < 4.78 is 10.7. The Morgan fingerprint density at radius 2 is 1.97 bits per heavy atom. The highest BCUT2D eigenvalue weighted by Crippen LogP contribution is 2.23. The number of nitrogens with zero attached hydrogens (tertiary/aromatic N) is 2. The summed E-state index contributed by atoms with van der Waals surface area (Å²) in [7, 11) is 0. The molecule has 0 spiro atoms. The van der Waals surface area contributed by atoms with Gasteiger partial charge in [0.1, 0.15) is 5.76 Å². The molecule has 8 nitrogen and oxygen atoms in total. The lowest BCUT2D eigenvalue weighted by atomic mass is 10.0. The third kappa shape index (κ3) is 4.91. The van der Waals surface area contributed by atoms with Crippen molar-refractivity contribution in [2.45, 2.75) is 38.6 Å². The van der Waals surface area contributed by atoms with Gasteiger partial charge in [-0.3, -0.25) is 14.4 Å². The summed E-state index contributed by atoms with van der Waals surface area (Å²) in [6, 6.07) is 10.5. The second kappa shape index (κ2) is 9.42. The van der Waals surface area contributed by atoms with Gasteiger partial charge in [0.05, 0.1) is 30.3 Å². The predicted molar refractivity (Wildman–Crippen MR) is 113 cm³/mol. The van der Waals surface area contributed by atoms with Gasteiger partial charge >= 0.3 is 5.97 Å². The van der Waals surface area contributed by atoms with E-state index in [1.165, 1.54) is 0 Å². The largest absolute Gasteiger partial charge is 0.467 e. The third-order valence-corrected chi connectivity index (χ3v) is 5.25. The lowest BCUT2D eigenvalue weighted by Gasteiger charge is -2.26. The zero-order valence-corrected chi connectivity index (χ0v) is 17.0. The van der Waals surface area contributed by atoms with Gasteiger partial charge in [-0.15, -0.1) is 0 Å². The van der Waals surface area contributed by atoms with Crippen molar-refractivity contribution in [1.29, 1.82) is 0 Å². The van der Waals surface area contributed by atoms with Crippen LogP contribution in [-0.4, -0.2) is 33.6 Å². The first-order valence-corrected chi connectivity index (χ1v) is 10.3. The molecule has 0 fully saturated rings. The highest BCUT2D eigenvalue weighted by molar-refractivity contribution is 5.87. The number of aromatic amines is 1. The number of hydrogen-bond donors (Lipinski definition) is 1. The van der Waals surface area contributed by atoms with Gasteiger partial charge in [-0.2, -0.15) is 5.10 Å². The van der Waals surface area contributed by atoms with Crippen LogP contribution in [0, 0.1) is 0 Å². The predicted octanol–water partition coefficient (Wildman–Crippen LogP) is 3.09. The molecular weight excluding hydrogens is 398 g/mol. The number of amides is 1. The van der Waals surface area contributed by atoms with Gasteiger partial charge in [0.15, 0.2) is 6.61 Å². The number of ether oxygens (including phenoxy) is 1. The normalized spacial score (nSPS) is 13.6. The lowest BCUT2D eigenvalue weighted by Crippen LogP contribution is -2.34. The molecule has 31 heavy (non-hydrogen) atoms. The number of hydrogen-bond acceptors (Lipinski definition) is 6. The van der Waals surface area contributed by atoms with Crippen LogP contribution < -0.4 is 5.56 Å². The summed E-state index contributed by atoms with van der Waals surface area (Å²) in [5.74, 6) is -0.235. The SMILES string of the molecule is O=C(Cc1n[nH]c(=O)c2ccccc12)OCC(=O)N(Cc1ccco1)C1=CCCCC1. The number of furan rings is 1. The van der Waals surface area contributed by atoms with Crippen molar-refractivity contribution in [2.75, 3.05) is 6.61 Å². The zero-order chi connectivity index (χ0) is 21.6. The number of allylic oxidation sites excluding steroid dienone is 2. The Bertz CT molecular complexity index is 1160. The van der Waals surface area contributed by atoms with E-state index < -0.39 is 5.97 Å². The first-order valence-electron chi connectivity index (χ1n) is 10.3. The molecule has 0 atom stereocenters. The summed E-state index contributed by atoms with van der Waals surface area (Å²) in [6.07, 6.45) is 7.30. The number of H-pyrrole nitrogens is 1. The first-order chi connectivity index (χ1) is 15.1. The molecule has 1 aliphatic rings. The fourth-order valence-corrected chi connectivity index (χ4v) is 3.69. The molecule has 1 aliphatic carbocycles. The molecule has 160 valence electrons. The maximum Gasteiger partial charge on any atom is 0.312 e. The van der Waals surface area contributed by atoms with Gasteiger partial charge in [0.25, 0.3) is 11.5 Å². The molecule has 4 rings (SSSR count). The van der Waals surface area contributed by atoms with E-state index in [2.05, 4.69) is 16.3 Å². The van der Waals surface area contributed by atoms with Crippen LogP contribution in [-0.2, 0) is 27.3 Å². The Hall–Kier alpha value is -3.68. The maximum absolute atomic E-state index is 12.9. The second-order valence-corrected chi connectivity index (χ2v) is 7.38. The number of rotatable bonds is 7. The van der Waals surface area contributed by atoms with Gasteiger partial charge in [-0.1, -0.05) is 24.3 Å². The molecule has 0 bridgehead atoms. The summed E-state index contributed by atoms with van der Waals surface area (Å²) in [4.78, 5) is 38.8. The van der Waals surface area contributed by atoms with Crippen molar-refractivity contribution in [1.82, 2.24) is 15.1 Å². The minimum absolute atomic E-state index is 0.147. The third-order valence-electron chi connectivity index (χ3n) is 5.25. The van der Waals surface area contributed by atoms with Crippen molar-refractivity contribution < 1.29 is 18.7 Å². The standard InChI is InChI=1S/C23H23N3O5/c27-21(26(14-17-9-6-12-30-17)16-7-2-1-3-8-16)15-31-22(28)13-20-18-10-4-5-11-19(18)23(29)25-24-20/h4-7,9-12H,1-3,8,13-15H2,(H,25,29). The number of fused-ring (bicyclic) bond motifs is 1.